The lowest BCUT2D eigenvalue weighted by atomic mass is 10.00. The lowest BCUT2D eigenvalue weighted by Gasteiger charge is -2.24. The Morgan fingerprint density at radius 3 is 2.40 bits per heavy atom. The van der Waals surface area contributed by atoms with Crippen LogP contribution >= 0.6 is 11.6 Å². The van der Waals surface area contributed by atoms with Crippen LogP contribution in [0.2, 0.25) is 5.02 Å². The molecule has 2 aromatic rings. The van der Waals surface area contributed by atoms with Gasteiger partial charge in [-0.05, 0) is 37.3 Å². The number of fused-ring (bicyclic) bond motifs is 1. The molecule has 0 spiro atoms. The predicted molar refractivity (Wildman–Crippen MR) is 108 cm³/mol. The van der Waals surface area contributed by atoms with Gasteiger partial charge in [-0.1, -0.05) is 23.7 Å². The van der Waals surface area contributed by atoms with Crippen molar-refractivity contribution in [1.29, 1.82) is 10.8 Å². The Morgan fingerprint density at radius 2 is 1.83 bits per heavy atom. The van der Waals surface area contributed by atoms with Gasteiger partial charge >= 0.3 is 15.6 Å². The van der Waals surface area contributed by atoms with Crippen LogP contribution in [0.25, 0.3) is 0 Å². The average molecular weight is 459 g/mol. The van der Waals surface area contributed by atoms with Crippen molar-refractivity contribution >= 4 is 44.8 Å². The van der Waals surface area contributed by atoms with Gasteiger partial charge in [0.15, 0.2) is 0 Å². The lowest BCUT2D eigenvalue weighted by Crippen LogP contribution is -2.35. The van der Waals surface area contributed by atoms with E-state index < -0.39 is 21.4 Å². The molecule has 0 unspecified atom stereocenters. The van der Waals surface area contributed by atoms with Gasteiger partial charge in [0, 0.05) is 16.1 Å². The fourth-order valence-electron chi connectivity index (χ4n) is 2.82. The van der Waals surface area contributed by atoms with Crippen molar-refractivity contribution in [2.45, 2.75) is 12.4 Å². The summed E-state index contributed by atoms with van der Waals surface area (Å²) < 4.78 is 65.2. The van der Waals surface area contributed by atoms with Gasteiger partial charge < -0.3 is 4.18 Å². The van der Waals surface area contributed by atoms with E-state index in [1.807, 2.05) is 0 Å². The first-order valence-corrected chi connectivity index (χ1v) is 10.1. The van der Waals surface area contributed by atoms with E-state index in [0.29, 0.717) is 10.6 Å². The number of rotatable bonds is 3. The molecule has 0 bridgehead atoms. The molecule has 0 atom stereocenters. The largest absolute Gasteiger partial charge is 0.534 e. The van der Waals surface area contributed by atoms with Crippen molar-refractivity contribution < 1.29 is 25.8 Å². The molecule has 30 heavy (non-hydrogen) atoms. The first-order valence-electron chi connectivity index (χ1n) is 8.29. The zero-order valence-electron chi connectivity index (χ0n) is 15.3. The molecule has 7 nitrogen and oxygen atoms in total. The SMILES string of the molecule is CC(=N)N1C(=N)CN=C(c2ccc(Cl)cc2)c2cc(OS(=O)(=O)C(F)(F)F)ccc21. The molecule has 0 saturated carbocycles. The Bertz CT molecular complexity index is 1160. The Kier molecular flexibility index (Phi) is 5.61. The summed E-state index contributed by atoms with van der Waals surface area (Å²) in [7, 11) is -5.87. The molecule has 158 valence electrons. The summed E-state index contributed by atoms with van der Waals surface area (Å²) in [6, 6.07) is 9.81. The number of nitrogens with zero attached hydrogens (tertiary/aromatic N) is 2. The summed E-state index contributed by atoms with van der Waals surface area (Å²) in [6.45, 7) is 1.32. The van der Waals surface area contributed by atoms with Crippen LogP contribution in [0.15, 0.2) is 47.5 Å². The second-order valence-electron chi connectivity index (χ2n) is 6.20. The summed E-state index contributed by atoms with van der Waals surface area (Å²) in [5, 5.41) is 16.6. The second kappa shape index (κ2) is 7.73. The third kappa shape index (κ3) is 4.17. The van der Waals surface area contributed by atoms with Gasteiger partial charge in [0.2, 0.25) is 0 Å². The Morgan fingerprint density at radius 1 is 1.20 bits per heavy atom. The van der Waals surface area contributed by atoms with Crippen molar-refractivity contribution in [1.82, 2.24) is 0 Å². The van der Waals surface area contributed by atoms with Crippen molar-refractivity contribution in [3.63, 3.8) is 0 Å². The van der Waals surface area contributed by atoms with E-state index in [2.05, 4.69) is 9.18 Å². The number of aliphatic imine (C=N–C) groups is 1. The molecule has 0 radical (unpaired) electrons. The van der Waals surface area contributed by atoms with Crippen LogP contribution in [0.5, 0.6) is 5.75 Å². The molecule has 0 fully saturated rings. The van der Waals surface area contributed by atoms with Crippen molar-refractivity contribution in [3.8, 4) is 5.75 Å². The molecular formula is C18H14ClF3N4O3S. The normalized spacial score (nSPS) is 14.6. The summed E-state index contributed by atoms with van der Waals surface area (Å²) in [5.74, 6) is -0.640. The number of hydrogen-bond donors (Lipinski definition) is 2. The first-order chi connectivity index (χ1) is 13.9. The highest BCUT2D eigenvalue weighted by atomic mass is 35.5. The molecule has 1 aliphatic heterocycles. The van der Waals surface area contributed by atoms with Gasteiger partial charge in [-0.3, -0.25) is 20.7 Å². The fourth-order valence-corrected chi connectivity index (χ4v) is 3.40. The van der Waals surface area contributed by atoms with Gasteiger partial charge in [0.25, 0.3) is 0 Å². The summed E-state index contributed by atoms with van der Waals surface area (Å²) in [4.78, 5) is 5.60. The molecule has 2 N–H and O–H groups in total. The van der Waals surface area contributed by atoms with Gasteiger partial charge in [-0.25, -0.2) is 0 Å². The smallest absolute Gasteiger partial charge is 0.376 e. The average Bonchev–Trinajstić information content (AvgIpc) is 2.77. The number of amidine groups is 2. The topological polar surface area (TPSA) is 107 Å². The van der Waals surface area contributed by atoms with E-state index in [1.165, 1.54) is 17.9 Å². The molecular weight excluding hydrogens is 445 g/mol. The van der Waals surface area contributed by atoms with Gasteiger partial charge in [0.1, 0.15) is 17.4 Å². The molecule has 1 aliphatic rings. The van der Waals surface area contributed by atoms with Crippen LogP contribution in [-0.4, -0.2) is 37.9 Å². The number of nitrogens with one attached hydrogen (secondary N) is 2. The van der Waals surface area contributed by atoms with Crippen molar-refractivity contribution in [2.75, 3.05) is 11.4 Å². The lowest BCUT2D eigenvalue weighted by molar-refractivity contribution is -0.0500. The van der Waals surface area contributed by atoms with Crippen LogP contribution in [0, 0.1) is 10.8 Å². The highest BCUT2D eigenvalue weighted by Gasteiger charge is 2.48. The maximum Gasteiger partial charge on any atom is 0.534 e. The monoisotopic (exact) mass is 458 g/mol. The third-order valence-corrected chi connectivity index (χ3v) is 5.29. The van der Waals surface area contributed by atoms with Gasteiger partial charge in [0.05, 0.1) is 17.9 Å². The molecule has 0 saturated heterocycles. The molecule has 3 rings (SSSR count). The summed E-state index contributed by atoms with van der Waals surface area (Å²) in [5.41, 5.74) is -4.30. The van der Waals surface area contributed by atoms with Crippen molar-refractivity contribution in [3.05, 3.63) is 58.6 Å². The minimum Gasteiger partial charge on any atom is -0.376 e. The maximum atomic E-state index is 12.7. The van der Waals surface area contributed by atoms with E-state index in [1.54, 1.807) is 24.3 Å². The first kappa shape index (κ1) is 21.8. The second-order valence-corrected chi connectivity index (χ2v) is 8.18. The van der Waals surface area contributed by atoms with Crippen LogP contribution in [0.4, 0.5) is 18.9 Å². The quantitative estimate of drug-likeness (QED) is 0.311. The van der Waals surface area contributed by atoms with Gasteiger partial charge in [-0.2, -0.15) is 21.6 Å². The highest BCUT2D eigenvalue weighted by molar-refractivity contribution is 7.88. The number of benzodiazepines with no additional fused rings is 1. The molecule has 0 amide bonds. The van der Waals surface area contributed by atoms with Crippen molar-refractivity contribution in [2.24, 2.45) is 4.99 Å². The van der Waals surface area contributed by atoms with E-state index >= 15 is 0 Å². The van der Waals surface area contributed by atoms with E-state index in [9.17, 15) is 21.6 Å². The molecule has 2 aromatic carbocycles. The Labute approximate surface area is 174 Å². The summed E-state index contributed by atoms with van der Waals surface area (Å²) in [6.07, 6.45) is 0. The minimum absolute atomic E-state index is 0.0228. The van der Waals surface area contributed by atoms with Crippen LogP contribution < -0.4 is 9.08 Å². The molecule has 12 heteroatoms. The van der Waals surface area contributed by atoms with Crippen LogP contribution in [0.3, 0.4) is 0 Å². The molecule has 1 heterocycles. The van der Waals surface area contributed by atoms with Crippen LogP contribution in [-0.2, 0) is 10.1 Å². The Balaban J connectivity index is 2.19. The molecule has 0 aliphatic carbocycles. The maximum absolute atomic E-state index is 12.7. The van der Waals surface area contributed by atoms with E-state index in [0.717, 1.165) is 12.1 Å². The van der Waals surface area contributed by atoms with Gasteiger partial charge in [-0.15, -0.1) is 0 Å². The predicted octanol–water partition coefficient (Wildman–Crippen LogP) is 4.20. The standard InChI is InChI=1S/C18H14ClF3N4O3S/c1-10(23)26-15-7-6-13(29-30(27,28)18(20,21)22)8-14(15)17(25-9-16(26)24)11-2-4-12(19)5-3-11/h2-8,23-24H,9H2,1H3. The number of halogens is 4. The van der Waals surface area contributed by atoms with E-state index in [4.69, 9.17) is 22.4 Å². The zero-order chi connectivity index (χ0) is 22.3. The number of hydrogen-bond acceptors (Lipinski definition) is 6. The van der Waals surface area contributed by atoms with E-state index in [-0.39, 0.29) is 35.2 Å². The number of anilines is 1. The zero-order valence-corrected chi connectivity index (χ0v) is 16.9. The minimum atomic E-state index is -5.87. The number of benzene rings is 2. The Hall–Kier alpha value is -2.92. The fraction of sp³-hybridized carbons (Fsp3) is 0.167. The van der Waals surface area contributed by atoms with Crippen LogP contribution in [0.1, 0.15) is 18.1 Å². The molecule has 0 aromatic heterocycles. The highest BCUT2D eigenvalue weighted by Crippen LogP contribution is 2.33. The number of alkyl halides is 3. The third-order valence-electron chi connectivity index (χ3n) is 4.06. The summed E-state index contributed by atoms with van der Waals surface area (Å²) >= 11 is 5.91.